The molecule has 2 heterocycles. The van der Waals surface area contributed by atoms with Gasteiger partial charge in [0.15, 0.2) is 5.96 Å². The molecule has 0 bridgehead atoms. The topological polar surface area (TPSA) is 83.5 Å². The van der Waals surface area contributed by atoms with Crippen molar-refractivity contribution >= 4 is 41.8 Å². The molecule has 0 aromatic carbocycles. The van der Waals surface area contributed by atoms with Crippen LogP contribution in [0.1, 0.15) is 25.7 Å². The van der Waals surface area contributed by atoms with E-state index < -0.39 is 0 Å². The van der Waals surface area contributed by atoms with Gasteiger partial charge < -0.3 is 24.6 Å². The highest BCUT2D eigenvalue weighted by Crippen LogP contribution is 2.18. The van der Waals surface area contributed by atoms with E-state index in [0.29, 0.717) is 25.6 Å². The van der Waals surface area contributed by atoms with Crippen LogP contribution in [-0.2, 0) is 19.1 Å². The normalized spacial score (nSPS) is 21.1. The molecule has 2 fully saturated rings. The average Bonchev–Trinajstić information content (AvgIpc) is 3.14. The summed E-state index contributed by atoms with van der Waals surface area (Å²) in [4.78, 5) is 31.7. The van der Waals surface area contributed by atoms with Crippen molar-refractivity contribution in [2.45, 2.75) is 31.8 Å². The van der Waals surface area contributed by atoms with Crippen LogP contribution in [0.3, 0.4) is 0 Å². The molecule has 2 aliphatic rings. The molecule has 0 spiro atoms. The predicted octanol–water partition coefficient (Wildman–Crippen LogP) is 0.702. The number of rotatable bonds is 5. The fourth-order valence-electron chi connectivity index (χ4n) is 3.06. The number of esters is 1. The van der Waals surface area contributed by atoms with Gasteiger partial charge in [-0.2, -0.15) is 0 Å². The number of likely N-dealkylation sites (N-methyl/N-ethyl adjacent to an activating group) is 1. The quantitative estimate of drug-likeness (QED) is 0.269. The zero-order valence-electron chi connectivity index (χ0n) is 15.9. The summed E-state index contributed by atoms with van der Waals surface area (Å²) in [5.41, 5.74) is 0. The molecule has 1 N–H and O–H groups in total. The maximum absolute atomic E-state index is 11.9. The Morgan fingerprint density at radius 3 is 2.50 bits per heavy atom. The number of nitrogens with one attached hydrogen (secondary N) is 1. The third kappa shape index (κ3) is 6.90. The number of carbonyl (C=O) groups excluding carboxylic acids is 2. The van der Waals surface area contributed by atoms with Gasteiger partial charge in [0.2, 0.25) is 5.91 Å². The van der Waals surface area contributed by atoms with Crippen molar-refractivity contribution in [1.29, 1.82) is 0 Å². The first-order valence-electron chi connectivity index (χ1n) is 8.94. The Balaban J connectivity index is 0.00000338. The zero-order chi connectivity index (χ0) is 18.2. The van der Waals surface area contributed by atoms with E-state index in [4.69, 9.17) is 9.47 Å². The summed E-state index contributed by atoms with van der Waals surface area (Å²) in [5, 5.41) is 3.35. The number of amides is 1. The SMILES string of the molecule is COC(=O)C1CCN(C(=NCC(=O)N(C)C)NCC2CCCO2)CC1.I. The molecule has 1 unspecified atom stereocenters. The minimum atomic E-state index is -0.145. The number of methoxy groups -OCH3 is 1. The third-order valence-corrected chi connectivity index (χ3v) is 4.70. The maximum Gasteiger partial charge on any atom is 0.308 e. The minimum absolute atomic E-state index is 0. The Labute approximate surface area is 172 Å². The van der Waals surface area contributed by atoms with Crippen molar-refractivity contribution in [3.8, 4) is 0 Å². The summed E-state index contributed by atoms with van der Waals surface area (Å²) >= 11 is 0. The number of aliphatic imine (C=N–C) groups is 1. The third-order valence-electron chi connectivity index (χ3n) is 4.70. The Morgan fingerprint density at radius 1 is 1.27 bits per heavy atom. The van der Waals surface area contributed by atoms with Crippen molar-refractivity contribution < 1.29 is 19.1 Å². The van der Waals surface area contributed by atoms with Crippen LogP contribution in [-0.4, -0.2) is 87.7 Å². The molecule has 0 aliphatic carbocycles. The van der Waals surface area contributed by atoms with Crippen molar-refractivity contribution in [2.24, 2.45) is 10.9 Å². The first-order valence-corrected chi connectivity index (χ1v) is 8.94. The van der Waals surface area contributed by atoms with E-state index in [1.807, 2.05) is 0 Å². The van der Waals surface area contributed by atoms with Crippen LogP contribution in [0, 0.1) is 5.92 Å². The predicted molar refractivity (Wildman–Crippen MR) is 110 cm³/mol. The van der Waals surface area contributed by atoms with Crippen LogP contribution in [0.25, 0.3) is 0 Å². The first-order chi connectivity index (χ1) is 12.0. The van der Waals surface area contributed by atoms with E-state index >= 15 is 0 Å². The molecule has 0 aromatic heterocycles. The van der Waals surface area contributed by atoms with Crippen LogP contribution in [0.5, 0.6) is 0 Å². The van der Waals surface area contributed by atoms with Gasteiger partial charge in [-0.25, -0.2) is 4.99 Å². The Hall–Kier alpha value is -1.10. The number of guanidine groups is 1. The van der Waals surface area contributed by atoms with Gasteiger partial charge in [-0.15, -0.1) is 24.0 Å². The molecule has 8 nitrogen and oxygen atoms in total. The fraction of sp³-hybridized carbons (Fsp3) is 0.824. The molecule has 150 valence electrons. The Bertz CT molecular complexity index is 487. The number of carbonyl (C=O) groups is 2. The number of halogens is 1. The molecule has 0 aromatic rings. The lowest BCUT2D eigenvalue weighted by Gasteiger charge is -2.33. The molecule has 2 rings (SSSR count). The number of likely N-dealkylation sites (tertiary alicyclic amines) is 1. The van der Waals surface area contributed by atoms with Crippen LogP contribution in [0.4, 0.5) is 0 Å². The first kappa shape index (κ1) is 22.9. The standard InChI is InChI=1S/C17H30N4O4.HI/c1-20(2)15(22)12-19-17(18-11-14-5-4-10-25-14)21-8-6-13(7-9-21)16(23)24-3;/h13-14H,4-12H2,1-3H3,(H,18,19);1H. The molecule has 2 saturated heterocycles. The lowest BCUT2D eigenvalue weighted by molar-refractivity contribution is -0.146. The summed E-state index contributed by atoms with van der Waals surface area (Å²) in [6.45, 7) is 3.03. The van der Waals surface area contributed by atoms with E-state index in [0.717, 1.165) is 32.3 Å². The van der Waals surface area contributed by atoms with E-state index in [1.165, 1.54) is 12.0 Å². The van der Waals surface area contributed by atoms with Crippen LogP contribution in [0.2, 0.25) is 0 Å². The minimum Gasteiger partial charge on any atom is -0.469 e. The van der Waals surface area contributed by atoms with Crippen molar-refractivity contribution in [1.82, 2.24) is 15.1 Å². The molecule has 2 aliphatic heterocycles. The summed E-state index contributed by atoms with van der Waals surface area (Å²) in [5.74, 6) is 0.479. The molecular weight excluding hydrogens is 451 g/mol. The number of piperidine rings is 1. The molecule has 9 heteroatoms. The van der Waals surface area contributed by atoms with Crippen molar-refractivity contribution in [3.63, 3.8) is 0 Å². The van der Waals surface area contributed by atoms with Crippen LogP contribution in [0.15, 0.2) is 4.99 Å². The van der Waals surface area contributed by atoms with Gasteiger partial charge in [-0.3, -0.25) is 9.59 Å². The van der Waals surface area contributed by atoms with Gasteiger partial charge in [-0.05, 0) is 25.7 Å². The van der Waals surface area contributed by atoms with Gasteiger partial charge in [0.1, 0.15) is 6.54 Å². The molecule has 0 radical (unpaired) electrons. The lowest BCUT2D eigenvalue weighted by atomic mass is 9.97. The fourth-order valence-corrected chi connectivity index (χ4v) is 3.06. The Kier molecular flexibility index (Phi) is 10.2. The average molecular weight is 482 g/mol. The van der Waals surface area contributed by atoms with E-state index in [2.05, 4.69) is 15.2 Å². The van der Waals surface area contributed by atoms with Crippen molar-refractivity contribution in [2.75, 3.05) is 54.0 Å². The summed E-state index contributed by atoms with van der Waals surface area (Å²) < 4.78 is 10.5. The van der Waals surface area contributed by atoms with Crippen molar-refractivity contribution in [3.05, 3.63) is 0 Å². The van der Waals surface area contributed by atoms with Gasteiger partial charge in [0.25, 0.3) is 0 Å². The second-order valence-electron chi connectivity index (χ2n) is 6.73. The maximum atomic E-state index is 11.9. The van der Waals surface area contributed by atoms with E-state index in [1.54, 1.807) is 14.1 Å². The molecule has 26 heavy (non-hydrogen) atoms. The second-order valence-corrected chi connectivity index (χ2v) is 6.73. The van der Waals surface area contributed by atoms with Crippen LogP contribution >= 0.6 is 24.0 Å². The van der Waals surface area contributed by atoms with Gasteiger partial charge >= 0.3 is 5.97 Å². The van der Waals surface area contributed by atoms with E-state index in [-0.39, 0.29) is 54.4 Å². The highest BCUT2D eigenvalue weighted by Gasteiger charge is 2.27. The zero-order valence-corrected chi connectivity index (χ0v) is 18.2. The second kappa shape index (κ2) is 11.6. The monoisotopic (exact) mass is 482 g/mol. The summed E-state index contributed by atoms with van der Waals surface area (Å²) in [6, 6.07) is 0. The van der Waals surface area contributed by atoms with Crippen LogP contribution < -0.4 is 5.32 Å². The highest BCUT2D eigenvalue weighted by atomic mass is 127. The number of hydrogen-bond donors (Lipinski definition) is 1. The number of nitrogens with zero attached hydrogens (tertiary/aromatic N) is 3. The van der Waals surface area contributed by atoms with Gasteiger partial charge in [-0.1, -0.05) is 0 Å². The highest BCUT2D eigenvalue weighted by molar-refractivity contribution is 14.0. The number of hydrogen-bond acceptors (Lipinski definition) is 5. The number of ether oxygens (including phenoxy) is 2. The lowest BCUT2D eigenvalue weighted by Crippen LogP contribution is -2.48. The molecule has 1 atom stereocenters. The molecule has 0 saturated carbocycles. The summed E-state index contributed by atoms with van der Waals surface area (Å²) in [7, 11) is 4.87. The smallest absolute Gasteiger partial charge is 0.308 e. The molecule has 1 amide bonds. The van der Waals surface area contributed by atoms with Gasteiger partial charge in [0, 0.05) is 40.3 Å². The Morgan fingerprint density at radius 2 is 1.96 bits per heavy atom. The summed E-state index contributed by atoms with van der Waals surface area (Å²) in [6.07, 6.45) is 3.79. The van der Waals surface area contributed by atoms with E-state index in [9.17, 15) is 9.59 Å². The largest absolute Gasteiger partial charge is 0.469 e. The molecular formula is C17H31IN4O4. The van der Waals surface area contributed by atoms with Gasteiger partial charge in [0.05, 0.1) is 19.1 Å².